The molecule has 0 saturated carbocycles. The van der Waals surface area contributed by atoms with Crippen LogP contribution in [-0.4, -0.2) is 43.0 Å². The van der Waals surface area contributed by atoms with Gasteiger partial charge in [-0.25, -0.2) is 0 Å². The van der Waals surface area contributed by atoms with Crippen LogP contribution in [0.3, 0.4) is 0 Å². The Kier molecular flexibility index (Phi) is 6.19. The molecule has 0 radical (unpaired) electrons. The Hall–Kier alpha value is -2.57. The van der Waals surface area contributed by atoms with Crippen molar-refractivity contribution in [3.05, 3.63) is 29.8 Å². The third-order valence-corrected chi connectivity index (χ3v) is 2.95. The van der Waals surface area contributed by atoms with E-state index >= 15 is 0 Å². The predicted molar refractivity (Wildman–Crippen MR) is 78.2 cm³/mol. The Morgan fingerprint density at radius 1 is 1.14 bits per heavy atom. The molecule has 0 unspecified atom stereocenters. The van der Waals surface area contributed by atoms with E-state index in [1.807, 2.05) is 0 Å². The number of carboxylic acids is 1. The number of hydrogen-bond acceptors (Lipinski definition) is 4. The molecule has 114 valence electrons. The number of anilines is 1. The predicted octanol–water partition coefficient (Wildman–Crippen LogP) is 0.437. The Morgan fingerprint density at radius 2 is 1.76 bits per heavy atom. The van der Waals surface area contributed by atoms with Crippen LogP contribution in [0.4, 0.5) is 5.69 Å². The minimum atomic E-state index is -1.02. The fraction of sp³-hybridized carbons (Fsp3) is 0.357. The molecular formula is C14H19N3O4. The number of hydrogen-bond donors (Lipinski definition) is 4. The molecule has 0 aromatic heterocycles. The van der Waals surface area contributed by atoms with Crippen LogP contribution in [0.1, 0.15) is 23.2 Å². The lowest BCUT2D eigenvalue weighted by Gasteiger charge is -2.16. The van der Waals surface area contributed by atoms with E-state index < -0.39 is 23.8 Å². The van der Waals surface area contributed by atoms with Gasteiger partial charge in [0.1, 0.15) is 6.04 Å². The molecule has 1 rings (SSSR count). The lowest BCUT2D eigenvalue weighted by atomic mass is 10.1. The first-order chi connectivity index (χ1) is 9.97. The lowest BCUT2D eigenvalue weighted by Crippen LogP contribution is -2.45. The second kappa shape index (κ2) is 7.88. The first-order valence-corrected chi connectivity index (χ1v) is 6.50. The van der Waals surface area contributed by atoms with Crippen molar-refractivity contribution in [3.8, 4) is 0 Å². The van der Waals surface area contributed by atoms with Gasteiger partial charge in [-0.1, -0.05) is 0 Å². The van der Waals surface area contributed by atoms with Crippen LogP contribution >= 0.6 is 0 Å². The highest BCUT2D eigenvalue weighted by atomic mass is 16.4. The monoisotopic (exact) mass is 293 g/mol. The van der Waals surface area contributed by atoms with Gasteiger partial charge in [-0.05, 0) is 30.7 Å². The van der Waals surface area contributed by atoms with Gasteiger partial charge in [-0.3, -0.25) is 14.4 Å². The van der Waals surface area contributed by atoms with Gasteiger partial charge in [-0.2, -0.15) is 0 Å². The summed E-state index contributed by atoms with van der Waals surface area (Å²) in [7, 11) is 3.20. The number of aliphatic carboxylic acids is 1. The molecule has 1 aromatic carbocycles. The van der Waals surface area contributed by atoms with Gasteiger partial charge in [0.05, 0.1) is 0 Å². The molecular weight excluding hydrogens is 274 g/mol. The van der Waals surface area contributed by atoms with Crippen LogP contribution < -0.4 is 16.0 Å². The summed E-state index contributed by atoms with van der Waals surface area (Å²) in [6.07, 6.45) is -0.160. The molecule has 0 aliphatic carbocycles. The molecule has 7 heteroatoms. The third-order valence-electron chi connectivity index (χ3n) is 2.95. The Balaban J connectivity index is 2.73. The van der Waals surface area contributed by atoms with Crippen molar-refractivity contribution in [2.75, 3.05) is 19.4 Å². The van der Waals surface area contributed by atoms with Crippen molar-refractivity contribution in [1.29, 1.82) is 0 Å². The normalized spacial score (nSPS) is 11.3. The largest absolute Gasteiger partial charge is 0.481 e. The number of likely N-dealkylation sites (N-methyl/N-ethyl adjacent to an activating group) is 1. The van der Waals surface area contributed by atoms with E-state index in [-0.39, 0.29) is 12.8 Å². The smallest absolute Gasteiger partial charge is 0.303 e. The summed E-state index contributed by atoms with van der Waals surface area (Å²) in [5.41, 5.74) is 1.26. The SMILES string of the molecule is CNC(=O)[C@H](CCC(=O)O)NC(=O)c1ccc(NC)cc1. The summed E-state index contributed by atoms with van der Waals surface area (Å²) in [5, 5.41) is 16.6. The standard InChI is InChI=1S/C14H19N3O4/c1-15-10-5-3-9(4-6-10)13(20)17-11(14(21)16-2)7-8-12(18)19/h3-6,11,15H,7-8H2,1-2H3,(H,16,21)(H,17,20)(H,18,19)/t11-/m0/s1. The molecule has 0 aliphatic rings. The number of carbonyl (C=O) groups excluding carboxylic acids is 2. The first kappa shape index (κ1) is 16.5. The van der Waals surface area contributed by atoms with Crippen LogP contribution in [0, 0.1) is 0 Å². The molecule has 7 nitrogen and oxygen atoms in total. The lowest BCUT2D eigenvalue weighted by molar-refractivity contribution is -0.137. The third kappa shape index (κ3) is 5.13. The van der Waals surface area contributed by atoms with Crippen molar-refractivity contribution < 1.29 is 19.5 Å². The summed E-state index contributed by atoms with van der Waals surface area (Å²) in [5.74, 6) is -1.86. The van der Waals surface area contributed by atoms with E-state index in [2.05, 4.69) is 16.0 Å². The van der Waals surface area contributed by atoms with E-state index in [4.69, 9.17) is 5.11 Å². The van der Waals surface area contributed by atoms with Crippen LogP contribution in [-0.2, 0) is 9.59 Å². The van der Waals surface area contributed by atoms with Gasteiger partial charge >= 0.3 is 5.97 Å². The maximum Gasteiger partial charge on any atom is 0.303 e. The van der Waals surface area contributed by atoms with Crippen LogP contribution in [0.15, 0.2) is 24.3 Å². The van der Waals surface area contributed by atoms with E-state index in [1.165, 1.54) is 7.05 Å². The van der Waals surface area contributed by atoms with E-state index in [1.54, 1.807) is 31.3 Å². The van der Waals surface area contributed by atoms with Gasteiger partial charge in [0.25, 0.3) is 5.91 Å². The van der Waals surface area contributed by atoms with E-state index in [0.29, 0.717) is 5.56 Å². The molecule has 0 fully saturated rings. The zero-order valence-electron chi connectivity index (χ0n) is 12.0. The van der Waals surface area contributed by atoms with Crippen molar-refractivity contribution in [2.45, 2.75) is 18.9 Å². The number of carbonyl (C=O) groups is 3. The average Bonchev–Trinajstić information content (AvgIpc) is 2.50. The minimum Gasteiger partial charge on any atom is -0.481 e. The highest BCUT2D eigenvalue weighted by Gasteiger charge is 2.21. The van der Waals surface area contributed by atoms with E-state index in [0.717, 1.165) is 5.69 Å². The molecule has 0 spiro atoms. The molecule has 0 heterocycles. The van der Waals surface area contributed by atoms with Gasteiger partial charge in [0.2, 0.25) is 5.91 Å². The second-order valence-electron chi connectivity index (χ2n) is 4.40. The second-order valence-corrected chi connectivity index (χ2v) is 4.40. The number of amides is 2. The van der Waals surface area contributed by atoms with Crippen molar-refractivity contribution in [1.82, 2.24) is 10.6 Å². The molecule has 2 amide bonds. The maximum atomic E-state index is 12.1. The molecule has 0 bridgehead atoms. The molecule has 0 saturated heterocycles. The number of rotatable bonds is 7. The first-order valence-electron chi connectivity index (χ1n) is 6.50. The zero-order chi connectivity index (χ0) is 15.8. The Morgan fingerprint density at radius 3 is 2.24 bits per heavy atom. The zero-order valence-corrected chi connectivity index (χ0v) is 12.0. The molecule has 0 aliphatic heterocycles. The summed E-state index contributed by atoms with van der Waals surface area (Å²) in [6, 6.07) is 5.85. The number of benzene rings is 1. The average molecular weight is 293 g/mol. The quantitative estimate of drug-likeness (QED) is 0.583. The minimum absolute atomic E-state index is 0.0370. The Labute approximate surface area is 122 Å². The summed E-state index contributed by atoms with van der Waals surface area (Å²) in [4.78, 5) is 34.3. The maximum absolute atomic E-state index is 12.1. The number of nitrogens with one attached hydrogen (secondary N) is 3. The molecule has 1 aromatic rings. The molecule has 4 N–H and O–H groups in total. The highest BCUT2D eigenvalue weighted by molar-refractivity contribution is 5.97. The van der Waals surface area contributed by atoms with Gasteiger partial charge in [-0.15, -0.1) is 0 Å². The summed E-state index contributed by atoms with van der Waals surface area (Å²) >= 11 is 0. The fourth-order valence-corrected chi connectivity index (χ4v) is 1.74. The summed E-state index contributed by atoms with van der Waals surface area (Å²) in [6.45, 7) is 0. The van der Waals surface area contributed by atoms with Gasteiger partial charge in [0, 0.05) is 31.8 Å². The van der Waals surface area contributed by atoms with Crippen LogP contribution in [0.2, 0.25) is 0 Å². The van der Waals surface area contributed by atoms with Crippen molar-refractivity contribution in [3.63, 3.8) is 0 Å². The summed E-state index contributed by atoms with van der Waals surface area (Å²) < 4.78 is 0. The molecule has 1 atom stereocenters. The van der Waals surface area contributed by atoms with Crippen LogP contribution in [0.5, 0.6) is 0 Å². The topological polar surface area (TPSA) is 108 Å². The fourth-order valence-electron chi connectivity index (χ4n) is 1.74. The van der Waals surface area contributed by atoms with Gasteiger partial charge in [0.15, 0.2) is 0 Å². The van der Waals surface area contributed by atoms with Crippen LogP contribution in [0.25, 0.3) is 0 Å². The van der Waals surface area contributed by atoms with Gasteiger partial charge < -0.3 is 21.1 Å². The Bertz CT molecular complexity index is 513. The van der Waals surface area contributed by atoms with Crippen molar-refractivity contribution >= 4 is 23.5 Å². The number of carboxylic acid groups (broad SMARTS) is 1. The highest BCUT2D eigenvalue weighted by Crippen LogP contribution is 2.09. The van der Waals surface area contributed by atoms with Crippen molar-refractivity contribution in [2.24, 2.45) is 0 Å². The molecule has 21 heavy (non-hydrogen) atoms. The van der Waals surface area contributed by atoms with E-state index in [9.17, 15) is 14.4 Å².